The zero-order valence-electron chi connectivity index (χ0n) is 21.8. The molecule has 0 saturated carbocycles. The molecule has 1 aliphatic heterocycles. The number of carbonyl (C=O) groups is 1. The van der Waals surface area contributed by atoms with Crippen LogP contribution in [0, 0.1) is 0 Å². The number of halogens is 2. The summed E-state index contributed by atoms with van der Waals surface area (Å²) < 4.78 is 18.8. The van der Waals surface area contributed by atoms with Gasteiger partial charge in [-0.15, -0.1) is 0 Å². The Labute approximate surface area is 244 Å². The van der Waals surface area contributed by atoms with Crippen LogP contribution < -0.4 is 24.4 Å². The molecule has 5 rings (SSSR count). The summed E-state index contributed by atoms with van der Waals surface area (Å²) in [6.07, 6.45) is 1.74. The molecule has 7 nitrogen and oxygen atoms in total. The monoisotopic (exact) mass is 594 g/mol. The highest BCUT2D eigenvalue weighted by Crippen LogP contribution is 2.34. The van der Waals surface area contributed by atoms with Crippen LogP contribution in [-0.4, -0.2) is 24.8 Å². The van der Waals surface area contributed by atoms with Gasteiger partial charge in [0.15, 0.2) is 16.3 Å². The van der Waals surface area contributed by atoms with E-state index >= 15 is 0 Å². The summed E-state index contributed by atoms with van der Waals surface area (Å²) in [4.78, 5) is 31.8. The average molecular weight is 596 g/mol. The number of nitrogens with zero attached hydrogens (tertiary/aromatic N) is 2. The van der Waals surface area contributed by atoms with Gasteiger partial charge in [-0.1, -0.05) is 83.1 Å². The summed E-state index contributed by atoms with van der Waals surface area (Å²) in [5, 5.41) is 1.01. The zero-order chi connectivity index (χ0) is 28.4. The maximum absolute atomic E-state index is 13.9. The van der Waals surface area contributed by atoms with Crippen molar-refractivity contribution in [3.63, 3.8) is 0 Å². The zero-order valence-corrected chi connectivity index (χ0v) is 24.1. The Bertz CT molecular complexity index is 1810. The summed E-state index contributed by atoms with van der Waals surface area (Å²) in [6, 6.07) is 19.3. The van der Waals surface area contributed by atoms with Gasteiger partial charge in [-0.05, 0) is 36.8 Å². The fraction of sp³-hybridized carbons (Fsp3) is 0.167. The molecule has 10 heteroatoms. The third-order valence-corrected chi connectivity index (χ3v) is 8.02. The Morgan fingerprint density at radius 1 is 1.07 bits per heavy atom. The van der Waals surface area contributed by atoms with Gasteiger partial charge in [-0.3, -0.25) is 9.36 Å². The van der Waals surface area contributed by atoms with E-state index in [1.54, 1.807) is 48.9 Å². The normalized spacial score (nSPS) is 14.9. The molecule has 40 heavy (non-hydrogen) atoms. The van der Waals surface area contributed by atoms with E-state index in [2.05, 4.69) is 4.99 Å². The van der Waals surface area contributed by atoms with E-state index in [0.29, 0.717) is 47.7 Å². The van der Waals surface area contributed by atoms with Gasteiger partial charge in [0.25, 0.3) is 5.56 Å². The first-order valence-electron chi connectivity index (χ1n) is 12.2. The number of ether oxygens (including phenoxy) is 3. The number of esters is 1. The van der Waals surface area contributed by atoms with E-state index in [1.807, 2.05) is 42.5 Å². The third kappa shape index (κ3) is 5.30. The number of carbonyl (C=O) groups excluding carboxylic acids is 1. The minimum atomic E-state index is -0.680. The number of para-hydroxylation sites is 1. The van der Waals surface area contributed by atoms with Gasteiger partial charge in [-0.25, -0.2) is 9.79 Å². The first kappa shape index (κ1) is 27.7. The van der Waals surface area contributed by atoms with Crippen LogP contribution in [-0.2, 0) is 16.1 Å². The molecule has 1 aliphatic rings. The second-order valence-corrected chi connectivity index (χ2v) is 10.7. The van der Waals surface area contributed by atoms with Crippen LogP contribution in [0.2, 0.25) is 10.0 Å². The van der Waals surface area contributed by atoms with E-state index in [1.165, 1.54) is 18.4 Å². The second-order valence-electron chi connectivity index (χ2n) is 8.89. The molecular weight excluding hydrogens is 571 g/mol. The molecule has 4 aromatic rings. The van der Waals surface area contributed by atoms with E-state index in [-0.39, 0.29) is 12.2 Å². The molecule has 0 spiro atoms. The maximum Gasteiger partial charge on any atom is 0.338 e. The molecule has 0 fully saturated rings. The Kier molecular flexibility index (Phi) is 8.12. The number of hydrogen-bond donors (Lipinski definition) is 0. The molecule has 3 aromatic carbocycles. The highest BCUT2D eigenvalue weighted by atomic mass is 35.5. The largest absolute Gasteiger partial charge is 0.493 e. The number of methoxy groups -OCH3 is 2. The molecule has 1 aromatic heterocycles. The maximum atomic E-state index is 13.9. The molecular formula is C30H24Cl2N2O5S. The predicted molar refractivity (Wildman–Crippen MR) is 156 cm³/mol. The highest BCUT2D eigenvalue weighted by Gasteiger charge is 2.33. The van der Waals surface area contributed by atoms with E-state index < -0.39 is 12.0 Å². The smallest absolute Gasteiger partial charge is 0.338 e. The first-order chi connectivity index (χ1) is 19.3. The number of rotatable bonds is 7. The third-order valence-electron chi connectivity index (χ3n) is 6.45. The van der Waals surface area contributed by atoms with Gasteiger partial charge in [0, 0.05) is 21.2 Å². The standard InChI is InChI=1S/C30H24Cl2N2O5S/c1-17-25(29(36)38-3)26(18-8-5-4-6-9-18)34-28(35)24(40-30(34)33-17)14-19-10-7-11-23(37-2)27(19)39-16-20-12-13-21(31)15-22(20)32/h4-15,26H,16H2,1-3H3. The van der Waals surface area contributed by atoms with Gasteiger partial charge >= 0.3 is 5.97 Å². The van der Waals surface area contributed by atoms with Crippen molar-refractivity contribution in [2.45, 2.75) is 19.6 Å². The lowest BCUT2D eigenvalue weighted by atomic mass is 9.96. The predicted octanol–water partition coefficient (Wildman–Crippen LogP) is 5.30. The molecule has 0 aliphatic carbocycles. The minimum absolute atomic E-state index is 0.161. The quantitative estimate of drug-likeness (QED) is 0.271. The van der Waals surface area contributed by atoms with Crippen molar-refractivity contribution in [1.82, 2.24) is 4.57 Å². The lowest BCUT2D eigenvalue weighted by Gasteiger charge is -2.24. The van der Waals surface area contributed by atoms with Crippen LogP contribution in [0.25, 0.3) is 6.08 Å². The Morgan fingerprint density at radius 2 is 1.85 bits per heavy atom. The van der Waals surface area contributed by atoms with Crippen molar-refractivity contribution >= 4 is 46.6 Å². The number of fused-ring (bicyclic) bond motifs is 1. The van der Waals surface area contributed by atoms with Crippen LogP contribution in [0.1, 0.15) is 29.7 Å². The summed E-state index contributed by atoms with van der Waals surface area (Å²) in [7, 11) is 2.86. The highest BCUT2D eigenvalue weighted by molar-refractivity contribution is 7.07. The lowest BCUT2D eigenvalue weighted by Crippen LogP contribution is -2.39. The number of allylic oxidation sites excluding steroid dienone is 1. The van der Waals surface area contributed by atoms with Gasteiger partial charge in [0.1, 0.15) is 6.61 Å². The SMILES string of the molecule is COC(=O)C1=C(C)N=c2sc(=Cc3cccc(OC)c3OCc3ccc(Cl)cc3Cl)c(=O)n2C1c1ccccc1. The van der Waals surface area contributed by atoms with Crippen molar-refractivity contribution in [1.29, 1.82) is 0 Å². The summed E-state index contributed by atoms with van der Waals surface area (Å²) >= 11 is 13.6. The summed E-state index contributed by atoms with van der Waals surface area (Å²) in [5.74, 6) is 0.416. The van der Waals surface area contributed by atoms with E-state index in [0.717, 1.165) is 11.1 Å². The first-order valence-corrected chi connectivity index (χ1v) is 13.8. The molecule has 0 bridgehead atoms. The lowest BCUT2D eigenvalue weighted by molar-refractivity contribution is -0.136. The molecule has 0 amide bonds. The van der Waals surface area contributed by atoms with Crippen LogP contribution in [0.5, 0.6) is 11.5 Å². The van der Waals surface area contributed by atoms with Crippen molar-refractivity contribution in [3.8, 4) is 11.5 Å². The summed E-state index contributed by atoms with van der Waals surface area (Å²) in [5.41, 5.74) is 2.68. The second kappa shape index (κ2) is 11.7. The molecule has 204 valence electrons. The van der Waals surface area contributed by atoms with Crippen molar-refractivity contribution in [2.75, 3.05) is 14.2 Å². The van der Waals surface area contributed by atoms with Gasteiger partial charge in [-0.2, -0.15) is 0 Å². The van der Waals surface area contributed by atoms with Crippen molar-refractivity contribution < 1.29 is 19.0 Å². The fourth-order valence-corrected chi connectivity index (χ4v) is 6.04. The number of thiazole rings is 1. The number of hydrogen-bond acceptors (Lipinski definition) is 7. The van der Waals surface area contributed by atoms with E-state index in [4.69, 9.17) is 37.4 Å². The number of aromatic nitrogens is 1. The Hall–Kier alpha value is -3.85. The van der Waals surface area contributed by atoms with Gasteiger partial charge in [0.05, 0.1) is 36.1 Å². The van der Waals surface area contributed by atoms with Crippen LogP contribution in [0.3, 0.4) is 0 Å². The molecule has 0 radical (unpaired) electrons. The summed E-state index contributed by atoms with van der Waals surface area (Å²) in [6.45, 7) is 1.91. The minimum Gasteiger partial charge on any atom is -0.493 e. The fourth-order valence-electron chi connectivity index (χ4n) is 4.53. The van der Waals surface area contributed by atoms with Crippen molar-refractivity contribution in [3.05, 3.63) is 124 Å². The Balaban J connectivity index is 1.63. The molecule has 2 heterocycles. The average Bonchev–Trinajstić information content (AvgIpc) is 3.26. The molecule has 1 unspecified atom stereocenters. The van der Waals surface area contributed by atoms with Crippen molar-refractivity contribution in [2.24, 2.45) is 4.99 Å². The van der Waals surface area contributed by atoms with Crippen LogP contribution in [0.4, 0.5) is 0 Å². The Morgan fingerprint density at radius 3 is 2.55 bits per heavy atom. The van der Waals surface area contributed by atoms with Crippen LogP contribution in [0.15, 0.2) is 87.8 Å². The molecule has 1 atom stereocenters. The van der Waals surface area contributed by atoms with Gasteiger partial charge < -0.3 is 14.2 Å². The van der Waals surface area contributed by atoms with E-state index in [9.17, 15) is 9.59 Å². The van der Waals surface area contributed by atoms with Crippen LogP contribution >= 0.6 is 34.5 Å². The topological polar surface area (TPSA) is 79.1 Å². The number of benzene rings is 3. The van der Waals surface area contributed by atoms with Gasteiger partial charge in [0.2, 0.25) is 0 Å². The molecule has 0 N–H and O–H groups in total. The molecule has 0 saturated heterocycles.